The highest BCUT2D eigenvalue weighted by atomic mass is 16.5. The SMILES string of the molecule is COc1cccc(CNC(=O)C2CCN(c3ccc4nnc(-c5cccc(C)c5)n4n3)CC2)c1. The summed E-state index contributed by atoms with van der Waals surface area (Å²) in [5.74, 6) is 2.50. The molecule has 0 saturated carbocycles. The Morgan fingerprint density at radius 3 is 2.68 bits per heavy atom. The van der Waals surface area contributed by atoms with E-state index < -0.39 is 0 Å². The third-order valence-corrected chi connectivity index (χ3v) is 6.32. The Bertz CT molecular complexity index is 1310. The number of anilines is 1. The fourth-order valence-corrected chi connectivity index (χ4v) is 4.40. The molecule has 3 heterocycles. The van der Waals surface area contributed by atoms with Crippen LogP contribution in [0.3, 0.4) is 0 Å². The number of carbonyl (C=O) groups is 1. The molecule has 0 unspecified atom stereocenters. The van der Waals surface area contributed by atoms with Gasteiger partial charge < -0.3 is 15.0 Å². The van der Waals surface area contributed by atoms with Gasteiger partial charge in [0.05, 0.1) is 7.11 Å². The number of nitrogens with one attached hydrogen (secondary N) is 1. The first kappa shape index (κ1) is 21.9. The summed E-state index contributed by atoms with van der Waals surface area (Å²) in [5, 5.41) is 16.5. The third kappa shape index (κ3) is 4.57. The first-order valence-corrected chi connectivity index (χ1v) is 11.6. The summed E-state index contributed by atoms with van der Waals surface area (Å²) in [7, 11) is 1.64. The molecule has 5 rings (SSSR count). The lowest BCUT2D eigenvalue weighted by Gasteiger charge is -2.32. The van der Waals surface area contributed by atoms with Crippen molar-refractivity contribution in [2.45, 2.75) is 26.3 Å². The summed E-state index contributed by atoms with van der Waals surface area (Å²) in [6, 6.07) is 19.9. The van der Waals surface area contributed by atoms with Gasteiger partial charge in [-0.3, -0.25) is 4.79 Å². The predicted molar refractivity (Wildman–Crippen MR) is 131 cm³/mol. The van der Waals surface area contributed by atoms with Crippen molar-refractivity contribution in [3.05, 3.63) is 71.8 Å². The van der Waals surface area contributed by atoms with E-state index in [9.17, 15) is 4.79 Å². The zero-order chi connectivity index (χ0) is 23.5. The Morgan fingerprint density at radius 2 is 1.88 bits per heavy atom. The van der Waals surface area contributed by atoms with E-state index in [0.717, 1.165) is 60.0 Å². The summed E-state index contributed by atoms with van der Waals surface area (Å²) in [6.07, 6.45) is 1.58. The number of amides is 1. The zero-order valence-corrected chi connectivity index (χ0v) is 19.4. The normalized spacial score (nSPS) is 14.4. The van der Waals surface area contributed by atoms with Gasteiger partial charge in [-0.1, -0.05) is 35.9 Å². The Labute approximate surface area is 198 Å². The van der Waals surface area contributed by atoms with Crippen LogP contribution in [0.25, 0.3) is 17.0 Å². The second kappa shape index (κ2) is 9.51. The Kier molecular flexibility index (Phi) is 6.12. The number of aromatic nitrogens is 4. The van der Waals surface area contributed by atoms with Gasteiger partial charge in [-0.05, 0) is 55.7 Å². The lowest BCUT2D eigenvalue weighted by molar-refractivity contribution is -0.125. The van der Waals surface area contributed by atoms with Crippen molar-refractivity contribution in [2.75, 3.05) is 25.1 Å². The molecule has 1 fully saturated rings. The lowest BCUT2D eigenvalue weighted by atomic mass is 9.96. The van der Waals surface area contributed by atoms with E-state index in [1.54, 1.807) is 11.6 Å². The molecule has 1 saturated heterocycles. The summed E-state index contributed by atoms with van der Waals surface area (Å²) >= 11 is 0. The van der Waals surface area contributed by atoms with Crippen molar-refractivity contribution in [1.82, 2.24) is 25.1 Å². The number of ether oxygens (including phenoxy) is 1. The van der Waals surface area contributed by atoms with Gasteiger partial charge in [-0.15, -0.1) is 15.3 Å². The second-order valence-electron chi connectivity index (χ2n) is 8.69. The molecule has 2 aromatic carbocycles. The lowest BCUT2D eigenvalue weighted by Crippen LogP contribution is -2.40. The van der Waals surface area contributed by atoms with Crippen LogP contribution >= 0.6 is 0 Å². The monoisotopic (exact) mass is 456 g/mol. The first-order chi connectivity index (χ1) is 16.6. The van der Waals surface area contributed by atoms with Crippen molar-refractivity contribution in [1.29, 1.82) is 0 Å². The van der Waals surface area contributed by atoms with Crippen LogP contribution in [0, 0.1) is 12.8 Å². The Balaban J connectivity index is 1.23. The average Bonchev–Trinajstić information content (AvgIpc) is 3.31. The van der Waals surface area contributed by atoms with E-state index in [4.69, 9.17) is 9.84 Å². The molecule has 8 nitrogen and oxygen atoms in total. The van der Waals surface area contributed by atoms with Gasteiger partial charge in [-0.2, -0.15) is 4.52 Å². The summed E-state index contributed by atoms with van der Waals surface area (Å²) in [5.41, 5.74) is 3.90. The minimum Gasteiger partial charge on any atom is -0.497 e. The van der Waals surface area contributed by atoms with Crippen LogP contribution in [-0.4, -0.2) is 45.9 Å². The maximum atomic E-state index is 12.7. The van der Waals surface area contributed by atoms with Crippen molar-refractivity contribution >= 4 is 17.4 Å². The number of methoxy groups -OCH3 is 1. The molecule has 1 aliphatic rings. The number of hydrogen-bond acceptors (Lipinski definition) is 6. The summed E-state index contributed by atoms with van der Waals surface area (Å²) < 4.78 is 7.06. The molecule has 0 bridgehead atoms. The molecule has 1 aliphatic heterocycles. The minimum absolute atomic E-state index is 0.00311. The van der Waals surface area contributed by atoms with Crippen LogP contribution in [0.4, 0.5) is 5.82 Å². The molecule has 0 spiro atoms. The summed E-state index contributed by atoms with van der Waals surface area (Å²) in [4.78, 5) is 15.0. The first-order valence-electron chi connectivity index (χ1n) is 11.6. The summed E-state index contributed by atoms with van der Waals surface area (Å²) in [6.45, 7) is 4.11. The highest BCUT2D eigenvalue weighted by Gasteiger charge is 2.26. The van der Waals surface area contributed by atoms with E-state index in [1.807, 2.05) is 48.5 Å². The minimum atomic E-state index is 0.00311. The Hall–Kier alpha value is -3.94. The van der Waals surface area contributed by atoms with Gasteiger partial charge in [0.15, 0.2) is 11.5 Å². The van der Waals surface area contributed by atoms with Gasteiger partial charge in [0.25, 0.3) is 0 Å². The van der Waals surface area contributed by atoms with E-state index in [0.29, 0.717) is 12.2 Å². The van der Waals surface area contributed by atoms with Crippen LogP contribution in [0.2, 0.25) is 0 Å². The molecular formula is C26H28N6O2. The average molecular weight is 457 g/mol. The number of fused-ring (bicyclic) bond motifs is 1. The fraction of sp³-hybridized carbons (Fsp3) is 0.308. The smallest absolute Gasteiger partial charge is 0.223 e. The van der Waals surface area contributed by atoms with Gasteiger partial charge in [0.1, 0.15) is 11.6 Å². The molecule has 8 heteroatoms. The molecule has 4 aromatic rings. The fourth-order valence-electron chi connectivity index (χ4n) is 4.40. The number of aryl methyl sites for hydroxylation is 1. The molecule has 1 amide bonds. The zero-order valence-electron chi connectivity index (χ0n) is 19.4. The molecule has 174 valence electrons. The number of hydrogen-bond donors (Lipinski definition) is 1. The molecule has 34 heavy (non-hydrogen) atoms. The highest BCUT2D eigenvalue weighted by Crippen LogP contribution is 2.24. The van der Waals surface area contributed by atoms with Crippen LogP contribution in [-0.2, 0) is 11.3 Å². The number of piperidine rings is 1. The maximum Gasteiger partial charge on any atom is 0.223 e. The standard InChI is InChI=1S/C26H28N6O2/c1-18-5-3-7-21(15-18)25-29-28-23-9-10-24(30-32(23)25)31-13-11-20(12-14-31)26(33)27-17-19-6-4-8-22(16-19)34-2/h3-10,15-16,20H,11-14,17H2,1-2H3,(H,27,33). The number of benzene rings is 2. The van der Waals surface area contributed by atoms with Crippen LogP contribution in [0.1, 0.15) is 24.0 Å². The van der Waals surface area contributed by atoms with Crippen LogP contribution < -0.4 is 15.0 Å². The molecule has 1 N–H and O–H groups in total. The topological polar surface area (TPSA) is 84.6 Å². The second-order valence-corrected chi connectivity index (χ2v) is 8.69. The molecule has 0 aliphatic carbocycles. The maximum absolute atomic E-state index is 12.7. The molecule has 0 atom stereocenters. The van der Waals surface area contributed by atoms with Gasteiger partial charge in [0.2, 0.25) is 5.91 Å². The quantitative estimate of drug-likeness (QED) is 0.477. The Morgan fingerprint density at radius 1 is 1.06 bits per heavy atom. The van der Waals surface area contributed by atoms with Crippen molar-refractivity contribution in [2.24, 2.45) is 5.92 Å². The molecule has 0 radical (unpaired) electrons. The van der Waals surface area contributed by atoms with E-state index >= 15 is 0 Å². The van der Waals surface area contributed by atoms with Crippen LogP contribution in [0.5, 0.6) is 5.75 Å². The van der Waals surface area contributed by atoms with E-state index in [1.165, 1.54) is 0 Å². The number of carbonyl (C=O) groups excluding carboxylic acids is 1. The number of rotatable bonds is 6. The molecular weight excluding hydrogens is 428 g/mol. The van der Waals surface area contributed by atoms with Crippen molar-refractivity contribution in [3.63, 3.8) is 0 Å². The van der Waals surface area contributed by atoms with Crippen molar-refractivity contribution in [3.8, 4) is 17.1 Å². The van der Waals surface area contributed by atoms with Gasteiger partial charge in [-0.25, -0.2) is 0 Å². The van der Waals surface area contributed by atoms with Gasteiger partial charge >= 0.3 is 0 Å². The van der Waals surface area contributed by atoms with E-state index in [-0.39, 0.29) is 11.8 Å². The van der Waals surface area contributed by atoms with Crippen molar-refractivity contribution < 1.29 is 9.53 Å². The predicted octanol–water partition coefficient (Wildman–Crippen LogP) is 3.64. The van der Waals surface area contributed by atoms with E-state index in [2.05, 4.69) is 39.5 Å². The number of nitrogens with zero attached hydrogens (tertiary/aromatic N) is 5. The van der Waals surface area contributed by atoms with Gasteiger partial charge in [0, 0.05) is 31.1 Å². The third-order valence-electron chi connectivity index (χ3n) is 6.32. The molecule has 2 aromatic heterocycles. The van der Waals surface area contributed by atoms with Crippen LogP contribution in [0.15, 0.2) is 60.7 Å². The highest BCUT2D eigenvalue weighted by molar-refractivity contribution is 5.79. The largest absolute Gasteiger partial charge is 0.497 e.